The molecule has 1 heterocycles. The smallest absolute Gasteiger partial charge is 0.189 e. The number of Topliss-reactive ketones (excluding diaryl/α,β-unsaturated/α-hetero) is 1. The molecule has 0 saturated carbocycles. The Morgan fingerprint density at radius 2 is 2.20 bits per heavy atom. The molecule has 0 aromatic heterocycles. The summed E-state index contributed by atoms with van der Waals surface area (Å²) in [6.45, 7) is 4.61. The van der Waals surface area contributed by atoms with E-state index in [0.29, 0.717) is 13.4 Å². The fourth-order valence-corrected chi connectivity index (χ4v) is 1.58. The van der Waals surface area contributed by atoms with Crippen LogP contribution >= 0.6 is 0 Å². The van der Waals surface area contributed by atoms with Crippen molar-refractivity contribution in [2.45, 2.75) is 20.5 Å². The van der Waals surface area contributed by atoms with Gasteiger partial charge >= 0.3 is 0 Å². The number of ether oxygens (including phenoxy) is 2. The Morgan fingerprint density at radius 3 is 2.93 bits per heavy atom. The van der Waals surface area contributed by atoms with Gasteiger partial charge in [0.1, 0.15) is 5.75 Å². The van der Waals surface area contributed by atoms with Crippen molar-refractivity contribution in [2.24, 2.45) is 5.92 Å². The molecule has 0 saturated heterocycles. The van der Waals surface area contributed by atoms with Crippen LogP contribution in [0, 0.1) is 5.92 Å². The zero-order chi connectivity index (χ0) is 10.8. The van der Waals surface area contributed by atoms with Gasteiger partial charge in [-0.2, -0.15) is 0 Å². The molecule has 0 unspecified atom stereocenters. The van der Waals surface area contributed by atoms with Crippen molar-refractivity contribution in [1.82, 2.24) is 0 Å². The van der Waals surface area contributed by atoms with Gasteiger partial charge < -0.3 is 9.47 Å². The van der Waals surface area contributed by atoms with Crippen LogP contribution in [0.25, 0.3) is 0 Å². The second-order valence-electron chi connectivity index (χ2n) is 3.95. The second kappa shape index (κ2) is 4.03. The van der Waals surface area contributed by atoms with Gasteiger partial charge in [0, 0.05) is 17.0 Å². The van der Waals surface area contributed by atoms with Crippen LogP contribution in [0.2, 0.25) is 0 Å². The molecule has 0 spiro atoms. The van der Waals surface area contributed by atoms with Crippen LogP contribution in [0.4, 0.5) is 0 Å². The highest BCUT2D eigenvalue weighted by Crippen LogP contribution is 2.25. The number of ketones is 1. The van der Waals surface area contributed by atoms with E-state index in [4.69, 9.17) is 9.47 Å². The topological polar surface area (TPSA) is 35.5 Å². The first-order valence-electron chi connectivity index (χ1n) is 5.06. The van der Waals surface area contributed by atoms with Crippen molar-refractivity contribution < 1.29 is 14.3 Å². The Hall–Kier alpha value is -1.35. The minimum Gasteiger partial charge on any atom is -0.467 e. The van der Waals surface area contributed by atoms with E-state index >= 15 is 0 Å². The van der Waals surface area contributed by atoms with Gasteiger partial charge in [-0.15, -0.1) is 0 Å². The van der Waals surface area contributed by atoms with Crippen LogP contribution in [0.3, 0.4) is 0 Å². The molecule has 3 nitrogen and oxygen atoms in total. The predicted molar refractivity (Wildman–Crippen MR) is 55.9 cm³/mol. The number of benzene rings is 1. The Balaban J connectivity index is 2.32. The standard InChI is InChI=1S/C12H14O3/c1-8(2)12(13)9-3-4-11-10(5-9)6-14-7-15-11/h3-5,8H,6-7H2,1-2H3. The normalized spacial score (nSPS) is 14.6. The van der Waals surface area contributed by atoms with Gasteiger partial charge in [0.2, 0.25) is 0 Å². The number of carbonyl (C=O) groups is 1. The minimum absolute atomic E-state index is 0.0217. The molecule has 2 rings (SSSR count). The maximum absolute atomic E-state index is 11.7. The van der Waals surface area contributed by atoms with Gasteiger partial charge in [-0.25, -0.2) is 0 Å². The highest BCUT2D eigenvalue weighted by Gasteiger charge is 2.15. The van der Waals surface area contributed by atoms with Crippen molar-refractivity contribution in [3.63, 3.8) is 0 Å². The van der Waals surface area contributed by atoms with Crippen LogP contribution in [0.5, 0.6) is 5.75 Å². The summed E-state index contributed by atoms with van der Waals surface area (Å²) in [6.07, 6.45) is 0. The van der Waals surface area contributed by atoms with E-state index < -0.39 is 0 Å². The summed E-state index contributed by atoms with van der Waals surface area (Å²) in [7, 11) is 0. The first-order valence-corrected chi connectivity index (χ1v) is 5.06. The largest absolute Gasteiger partial charge is 0.467 e. The zero-order valence-electron chi connectivity index (χ0n) is 8.95. The fraction of sp³-hybridized carbons (Fsp3) is 0.417. The quantitative estimate of drug-likeness (QED) is 0.697. The second-order valence-corrected chi connectivity index (χ2v) is 3.95. The fourth-order valence-electron chi connectivity index (χ4n) is 1.58. The number of hydrogen-bond acceptors (Lipinski definition) is 3. The van der Waals surface area contributed by atoms with Gasteiger partial charge in [0.25, 0.3) is 0 Å². The summed E-state index contributed by atoms with van der Waals surface area (Å²) in [6, 6.07) is 5.51. The van der Waals surface area contributed by atoms with Crippen molar-refractivity contribution >= 4 is 5.78 Å². The SMILES string of the molecule is CC(C)C(=O)c1ccc2c(c1)COCO2. The monoisotopic (exact) mass is 206 g/mol. The molecule has 0 aliphatic carbocycles. The molecule has 1 aromatic rings. The van der Waals surface area contributed by atoms with Crippen LogP contribution in [0.15, 0.2) is 18.2 Å². The molecule has 0 fully saturated rings. The summed E-state index contributed by atoms with van der Waals surface area (Å²) in [5.41, 5.74) is 1.69. The Morgan fingerprint density at radius 1 is 1.40 bits per heavy atom. The van der Waals surface area contributed by atoms with Crippen molar-refractivity contribution in [2.75, 3.05) is 6.79 Å². The molecule has 3 heteroatoms. The van der Waals surface area contributed by atoms with E-state index in [0.717, 1.165) is 16.9 Å². The molecule has 80 valence electrons. The van der Waals surface area contributed by atoms with E-state index in [2.05, 4.69) is 0 Å². The molecule has 1 aliphatic heterocycles. The summed E-state index contributed by atoms with van der Waals surface area (Å²) in [5, 5.41) is 0. The van der Waals surface area contributed by atoms with Crippen molar-refractivity contribution in [3.05, 3.63) is 29.3 Å². The highest BCUT2D eigenvalue weighted by atomic mass is 16.7. The number of carbonyl (C=O) groups excluding carboxylic acids is 1. The van der Waals surface area contributed by atoms with Crippen LogP contribution < -0.4 is 4.74 Å². The molecular formula is C12H14O3. The third kappa shape index (κ3) is 2.02. The summed E-state index contributed by atoms with van der Waals surface area (Å²) >= 11 is 0. The van der Waals surface area contributed by atoms with E-state index in [-0.39, 0.29) is 11.7 Å². The van der Waals surface area contributed by atoms with Gasteiger partial charge in [-0.05, 0) is 18.2 Å². The zero-order valence-corrected chi connectivity index (χ0v) is 8.95. The average Bonchev–Trinajstić information content (AvgIpc) is 2.27. The number of hydrogen-bond donors (Lipinski definition) is 0. The predicted octanol–water partition coefficient (Wildman–Crippen LogP) is 2.39. The molecule has 0 bridgehead atoms. The molecule has 1 aromatic carbocycles. The summed E-state index contributed by atoms with van der Waals surface area (Å²) in [5.74, 6) is 0.999. The van der Waals surface area contributed by atoms with Crippen LogP contribution in [-0.2, 0) is 11.3 Å². The first kappa shape index (κ1) is 10.2. The third-order valence-electron chi connectivity index (χ3n) is 2.42. The Bertz CT molecular complexity index is 382. The highest BCUT2D eigenvalue weighted by molar-refractivity contribution is 5.97. The average molecular weight is 206 g/mol. The molecule has 15 heavy (non-hydrogen) atoms. The van der Waals surface area contributed by atoms with Gasteiger partial charge in [0.05, 0.1) is 6.61 Å². The van der Waals surface area contributed by atoms with E-state index in [1.54, 1.807) is 0 Å². The number of rotatable bonds is 2. The Kier molecular flexibility index (Phi) is 2.73. The maximum atomic E-state index is 11.7. The molecular weight excluding hydrogens is 192 g/mol. The van der Waals surface area contributed by atoms with Crippen LogP contribution in [-0.4, -0.2) is 12.6 Å². The first-order chi connectivity index (χ1) is 7.18. The van der Waals surface area contributed by atoms with Crippen molar-refractivity contribution in [3.8, 4) is 5.75 Å². The lowest BCUT2D eigenvalue weighted by atomic mass is 9.99. The number of fused-ring (bicyclic) bond motifs is 1. The van der Waals surface area contributed by atoms with E-state index in [1.165, 1.54) is 0 Å². The molecule has 0 amide bonds. The lowest BCUT2D eigenvalue weighted by Gasteiger charge is -2.18. The van der Waals surface area contributed by atoms with Gasteiger partial charge in [0.15, 0.2) is 12.6 Å². The van der Waals surface area contributed by atoms with E-state index in [9.17, 15) is 4.79 Å². The van der Waals surface area contributed by atoms with Crippen LogP contribution in [0.1, 0.15) is 29.8 Å². The summed E-state index contributed by atoms with van der Waals surface area (Å²) < 4.78 is 10.4. The Labute approximate surface area is 89.0 Å². The lowest BCUT2D eigenvalue weighted by Crippen LogP contribution is -2.13. The van der Waals surface area contributed by atoms with Crippen molar-refractivity contribution in [1.29, 1.82) is 0 Å². The van der Waals surface area contributed by atoms with Gasteiger partial charge in [-0.1, -0.05) is 13.8 Å². The minimum atomic E-state index is 0.0217. The summed E-state index contributed by atoms with van der Waals surface area (Å²) in [4.78, 5) is 11.7. The lowest BCUT2D eigenvalue weighted by molar-refractivity contribution is -0.0163. The molecule has 0 radical (unpaired) electrons. The molecule has 0 N–H and O–H groups in total. The maximum Gasteiger partial charge on any atom is 0.189 e. The molecule has 0 atom stereocenters. The van der Waals surface area contributed by atoms with Gasteiger partial charge in [-0.3, -0.25) is 4.79 Å². The molecule has 1 aliphatic rings. The third-order valence-corrected chi connectivity index (χ3v) is 2.42. The van der Waals surface area contributed by atoms with E-state index in [1.807, 2.05) is 32.0 Å².